The van der Waals surface area contributed by atoms with Gasteiger partial charge in [0.1, 0.15) is 5.75 Å². The van der Waals surface area contributed by atoms with Crippen molar-refractivity contribution >= 4 is 11.6 Å². The number of anilines is 1. The molecule has 1 saturated heterocycles. The monoisotopic (exact) mass is 354 g/mol. The number of carbonyl (C=O) groups excluding carboxylic acids is 1. The van der Waals surface area contributed by atoms with E-state index < -0.39 is 0 Å². The maximum Gasteiger partial charge on any atom is 0.254 e. The van der Waals surface area contributed by atoms with E-state index in [2.05, 4.69) is 0 Å². The van der Waals surface area contributed by atoms with Gasteiger partial charge in [0.2, 0.25) is 0 Å². The maximum atomic E-state index is 12.9. The van der Waals surface area contributed by atoms with Crippen molar-refractivity contribution in [2.75, 3.05) is 45.8 Å². The maximum absolute atomic E-state index is 12.9. The standard InChI is InChI=1S/C21H26N2O3/c1-22(2)18-6-4-5-17(14-18)21(24)23-11-12-26-20(15-23)13-16-7-9-19(25-3)10-8-16/h4-10,14,20H,11-13,15H2,1-3H3. The summed E-state index contributed by atoms with van der Waals surface area (Å²) in [5.74, 6) is 0.910. The molecule has 0 bridgehead atoms. The third kappa shape index (κ3) is 4.35. The molecule has 0 spiro atoms. The molecule has 1 unspecified atom stereocenters. The van der Waals surface area contributed by atoms with Crippen LogP contribution >= 0.6 is 0 Å². The van der Waals surface area contributed by atoms with Crippen molar-refractivity contribution in [3.05, 3.63) is 59.7 Å². The lowest BCUT2D eigenvalue weighted by Crippen LogP contribution is -2.46. The number of methoxy groups -OCH3 is 1. The van der Waals surface area contributed by atoms with E-state index in [-0.39, 0.29) is 12.0 Å². The lowest BCUT2D eigenvalue weighted by Gasteiger charge is -2.33. The van der Waals surface area contributed by atoms with Gasteiger partial charge in [-0.3, -0.25) is 4.79 Å². The lowest BCUT2D eigenvalue weighted by atomic mass is 10.1. The number of nitrogens with zero attached hydrogens (tertiary/aromatic N) is 2. The lowest BCUT2D eigenvalue weighted by molar-refractivity contribution is -0.0208. The van der Waals surface area contributed by atoms with Crippen LogP contribution < -0.4 is 9.64 Å². The van der Waals surface area contributed by atoms with E-state index in [0.29, 0.717) is 19.7 Å². The number of benzene rings is 2. The van der Waals surface area contributed by atoms with Gasteiger partial charge in [0.05, 0.1) is 19.8 Å². The molecule has 0 N–H and O–H groups in total. The molecule has 1 heterocycles. The summed E-state index contributed by atoms with van der Waals surface area (Å²) in [7, 11) is 5.61. The summed E-state index contributed by atoms with van der Waals surface area (Å²) in [5, 5.41) is 0. The first kappa shape index (κ1) is 18.3. The number of hydrogen-bond acceptors (Lipinski definition) is 4. The van der Waals surface area contributed by atoms with Crippen LogP contribution in [0.1, 0.15) is 15.9 Å². The van der Waals surface area contributed by atoms with Crippen LogP contribution in [0.15, 0.2) is 48.5 Å². The zero-order valence-corrected chi connectivity index (χ0v) is 15.6. The van der Waals surface area contributed by atoms with E-state index >= 15 is 0 Å². The Hall–Kier alpha value is -2.53. The highest BCUT2D eigenvalue weighted by molar-refractivity contribution is 5.95. The van der Waals surface area contributed by atoms with Crippen LogP contribution in [0.25, 0.3) is 0 Å². The summed E-state index contributed by atoms with van der Waals surface area (Å²) in [6, 6.07) is 15.7. The van der Waals surface area contributed by atoms with E-state index in [4.69, 9.17) is 9.47 Å². The number of rotatable bonds is 5. The van der Waals surface area contributed by atoms with Gasteiger partial charge in [-0.15, -0.1) is 0 Å². The number of morpholine rings is 1. The molecule has 5 heteroatoms. The Morgan fingerprint density at radius 2 is 2.00 bits per heavy atom. The van der Waals surface area contributed by atoms with Crippen LogP contribution in [0.4, 0.5) is 5.69 Å². The summed E-state index contributed by atoms with van der Waals surface area (Å²) < 4.78 is 11.1. The highest BCUT2D eigenvalue weighted by Gasteiger charge is 2.25. The summed E-state index contributed by atoms with van der Waals surface area (Å²) in [4.78, 5) is 16.8. The average molecular weight is 354 g/mol. The van der Waals surface area contributed by atoms with E-state index in [0.717, 1.165) is 23.4 Å². The first-order valence-electron chi connectivity index (χ1n) is 8.88. The van der Waals surface area contributed by atoms with Crippen molar-refractivity contribution < 1.29 is 14.3 Å². The molecule has 2 aromatic carbocycles. The number of ether oxygens (including phenoxy) is 2. The average Bonchev–Trinajstić information content (AvgIpc) is 2.68. The molecule has 138 valence electrons. The predicted octanol–water partition coefficient (Wildman–Crippen LogP) is 2.84. The van der Waals surface area contributed by atoms with Gasteiger partial charge in [-0.1, -0.05) is 18.2 Å². The van der Waals surface area contributed by atoms with Crippen LogP contribution in [0.2, 0.25) is 0 Å². The second-order valence-corrected chi connectivity index (χ2v) is 6.74. The van der Waals surface area contributed by atoms with Crippen molar-refractivity contribution in [3.63, 3.8) is 0 Å². The molecular weight excluding hydrogens is 328 g/mol. The Balaban J connectivity index is 1.65. The van der Waals surface area contributed by atoms with Crippen molar-refractivity contribution in [1.82, 2.24) is 4.90 Å². The van der Waals surface area contributed by atoms with Gasteiger partial charge in [0.25, 0.3) is 5.91 Å². The van der Waals surface area contributed by atoms with E-state index in [9.17, 15) is 4.79 Å². The zero-order chi connectivity index (χ0) is 18.5. The van der Waals surface area contributed by atoms with Gasteiger partial charge in [-0.05, 0) is 35.9 Å². The van der Waals surface area contributed by atoms with E-state index in [1.807, 2.05) is 72.4 Å². The Morgan fingerprint density at radius 1 is 1.23 bits per heavy atom. The minimum atomic E-state index is 0.0122. The Bertz CT molecular complexity index is 743. The number of amides is 1. The molecule has 0 radical (unpaired) electrons. The molecular formula is C21H26N2O3. The highest BCUT2D eigenvalue weighted by Crippen LogP contribution is 2.19. The normalized spacial score (nSPS) is 17.0. The van der Waals surface area contributed by atoms with Crippen LogP contribution in [0.5, 0.6) is 5.75 Å². The van der Waals surface area contributed by atoms with Crippen LogP contribution in [0, 0.1) is 0 Å². The SMILES string of the molecule is COc1ccc(CC2CN(C(=O)c3cccc(N(C)C)c3)CCO2)cc1. The van der Waals surface area contributed by atoms with Gasteiger partial charge < -0.3 is 19.3 Å². The molecule has 0 aliphatic carbocycles. The topological polar surface area (TPSA) is 42.0 Å². The fourth-order valence-corrected chi connectivity index (χ4v) is 3.15. The summed E-state index contributed by atoms with van der Waals surface area (Å²) in [6.07, 6.45) is 0.795. The molecule has 3 rings (SSSR count). The smallest absolute Gasteiger partial charge is 0.254 e. The third-order valence-electron chi connectivity index (χ3n) is 4.66. The molecule has 0 aromatic heterocycles. The van der Waals surface area contributed by atoms with Gasteiger partial charge >= 0.3 is 0 Å². The fraction of sp³-hybridized carbons (Fsp3) is 0.381. The Kier molecular flexibility index (Phi) is 5.78. The summed E-state index contributed by atoms with van der Waals surface area (Å²) in [6.45, 7) is 1.81. The second kappa shape index (κ2) is 8.23. The molecule has 1 atom stereocenters. The van der Waals surface area contributed by atoms with Crippen molar-refractivity contribution in [3.8, 4) is 5.75 Å². The number of carbonyl (C=O) groups is 1. The Morgan fingerprint density at radius 3 is 2.69 bits per heavy atom. The Labute approximate surface area is 155 Å². The first-order valence-corrected chi connectivity index (χ1v) is 8.88. The quantitative estimate of drug-likeness (QED) is 0.828. The largest absolute Gasteiger partial charge is 0.497 e. The molecule has 0 saturated carbocycles. The van der Waals surface area contributed by atoms with Crippen molar-refractivity contribution in [2.45, 2.75) is 12.5 Å². The molecule has 1 aliphatic rings. The minimum absolute atomic E-state index is 0.0122. The summed E-state index contributed by atoms with van der Waals surface area (Å²) in [5.41, 5.74) is 2.93. The zero-order valence-electron chi connectivity index (χ0n) is 15.6. The van der Waals surface area contributed by atoms with Crippen LogP contribution in [-0.4, -0.2) is 57.8 Å². The van der Waals surface area contributed by atoms with E-state index in [1.165, 1.54) is 5.56 Å². The highest BCUT2D eigenvalue weighted by atomic mass is 16.5. The van der Waals surface area contributed by atoms with Crippen LogP contribution in [0.3, 0.4) is 0 Å². The molecule has 5 nitrogen and oxygen atoms in total. The van der Waals surface area contributed by atoms with Gasteiger partial charge in [0, 0.05) is 44.9 Å². The molecule has 1 amide bonds. The molecule has 2 aromatic rings. The third-order valence-corrected chi connectivity index (χ3v) is 4.66. The predicted molar refractivity (Wildman–Crippen MR) is 103 cm³/mol. The molecule has 1 aliphatic heterocycles. The summed E-state index contributed by atoms with van der Waals surface area (Å²) >= 11 is 0. The molecule has 26 heavy (non-hydrogen) atoms. The fourth-order valence-electron chi connectivity index (χ4n) is 3.15. The van der Waals surface area contributed by atoms with E-state index in [1.54, 1.807) is 7.11 Å². The van der Waals surface area contributed by atoms with Crippen LogP contribution in [-0.2, 0) is 11.2 Å². The minimum Gasteiger partial charge on any atom is -0.497 e. The van der Waals surface area contributed by atoms with Crippen molar-refractivity contribution in [1.29, 1.82) is 0 Å². The van der Waals surface area contributed by atoms with Gasteiger partial charge in [-0.25, -0.2) is 0 Å². The van der Waals surface area contributed by atoms with Gasteiger partial charge in [-0.2, -0.15) is 0 Å². The first-order chi connectivity index (χ1) is 12.6. The van der Waals surface area contributed by atoms with Crippen molar-refractivity contribution in [2.24, 2.45) is 0 Å². The number of hydrogen-bond donors (Lipinski definition) is 0. The van der Waals surface area contributed by atoms with Gasteiger partial charge in [0.15, 0.2) is 0 Å². The molecule has 1 fully saturated rings. The second-order valence-electron chi connectivity index (χ2n) is 6.74.